The fourth-order valence-corrected chi connectivity index (χ4v) is 4.85. The van der Waals surface area contributed by atoms with E-state index in [0.29, 0.717) is 26.4 Å². The van der Waals surface area contributed by atoms with Gasteiger partial charge in [0.1, 0.15) is 0 Å². The van der Waals surface area contributed by atoms with Crippen molar-refractivity contribution in [2.24, 2.45) is 0 Å². The molecule has 0 N–H and O–H groups in total. The number of hydrogen-bond donors (Lipinski definition) is 0. The summed E-state index contributed by atoms with van der Waals surface area (Å²) in [4.78, 5) is 0. The average molecular weight is 368 g/mol. The molecule has 0 saturated carbocycles. The van der Waals surface area contributed by atoms with E-state index in [0.717, 1.165) is 10.6 Å². The van der Waals surface area contributed by atoms with E-state index in [1.165, 1.54) is 10.8 Å². The molecule has 0 aliphatic heterocycles. The van der Waals surface area contributed by atoms with Crippen molar-refractivity contribution < 1.29 is 18.1 Å². The fourth-order valence-electron chi connectivity index (χ4n) is 2.29. The molecule has 0 aliphatic carbocycles. The zero-order valence-corrected chi connectivity index (χ0v) is 16.6. The van der Waals surface area contributed by atoms with Gasteiger partial charge in [0, 0.05) is 10.6 Å². The molecule has 0 saturated heterocycles. The third-order valence-corrected chi connectivity index (χ3v) is 6.58. The second-order valence-corrected chi connectivity index (χ2v) is 8.00. The molecule has 2 rings (SSSR count). The predicted octanol–water partition coefficient (Wildman–Crippen LogP) is 4.86. The molecule has 0 spiro atoms. The first-order valence-corrected chi connectivity index (χ1v) is 10.7. The van der Waals surface area contributed by atoms with E-state index in [1.807, 2.05) is 27.7 Å². The van der Waals surface area contributed by atoms with Crippen LogP contribution in [0.25, 0.3) is 10.8 Å². The Bertz CT molecular complexity index is 568. The Balaban J connectivity index is 2.29. The second kappa shape index (κ2) is 10.4. The maximum atomic E-state index is 5.75. The Morgan fingerprint density at radius 2 is 0.917 bits per heavy atom. The van der Waals surface area contributed by atoms with Crippen LogP contribution in [0, 0.1) is 0 Å². The van der Waals surface area contributed by atoms with Crippen molar-refractivity contribution in [2.45, 2.75) is 27.7 Å². The number of fused-ring (bicyclic) bond motifs is 1. The molecule has 2 aromatic rings. The normalized spacial score (nSPS) is 11.8. The van der Waals surface area contributed by atoms with E-state index in [9.17, 15) is 0 Å². The van der Waals surface area contributed by atoms with Crippen molar-refractivity contribution >= 4 is 38.1 Å². The maximum Gasteiger partial charge on any atom is 0.205 e. The van der Waals surface area contributed by atoms with Crippen molar-refractivity contribution in [3.63, 3.8) is 0 Å². The van der Waals surface area contributed by atoms with Crippen molar-refractivity contribution in [2.75, 3.05) is 26.4 Å². The summed E-state index contributed by atoms with van der Waals surface area (Å²) in [6.45, 7) is 10.6. The molecule has 0 amide bonds. The summed E-state index contributed by atoms with van der Waals surface area (Å²) in [6.07, 6.45) is 0. The van der Waals surface area contributed by atoms with Crippen LogP contribution in [-0.4, -0.2) is 26.4 Å². The predicted molar refractivity (Wildman–Crippen MR) is 104 cm³/mol. The lowest BCUT2D eigenvalue weighted by atomic mass is 10.1. The zero-order chi connectivity index (χ0) is 17.4. The first-order chi connectivity index (χ1) is 11.7. The lowest BCUT2D eigenvalue weighted by molar-refractivity contribution is 0.277. The average Bonchev–Trinajstić information content (AvgIpc) is 2.60. The van der Waals surface area contributed by atoms with Crippen LogP contribution in [0.15, 0.2) is 36.4 Å². The molecule has 4 nitrogen and oxygen atoms in total. The molecule has 2 aromatic carbocycles. The van der Waals surface area contributed by atoms with E-state index >= 15 is 0 Å². The van der Waals surface area contributed by atoms with Crippen LogP contribution >= 0.6 is 16.8 Å². The van der Waals surface area contributed by atoms with Crippen LogP contribution in [0.1, 0.15) is 27.7 Å². The van der Waals surface area contributed by atoms with E-state index in [4.69, 9.17) is 18.1 Å². The van der Waals surface area contributed by atoms with Crippen molar-refractivity contribution in [1.29, 1.82) is 0 Å². The van der Waals surface area contributed by atoms with E-state index in [1.54, 1.807) is 0 Å². The van der Waals surface area contributed by atoms with Gasteiger partial charge in [-0.25, -0.2) is 0 Å². The zero-order valence-electron chi connectivity index (χ0n) is 14.8. The molecule has 0 unspecified atom stereocenters. The van der Waals surface area contributed by atoms with Crippen LogP contribution in [0.2, 0.25) is 0 Å². The van der Waals surface area contributed by atoms with Gasteiger partial charge in [-0.1, -0.05) is 12.1 Å². The Hall–Kier alpha value is -0.600. The quantitative estimate of drug-likeness (QED) is 0.561. The SMILES string of the molecule is CCOP(OCC)c1ccc2cc(P(OCC)OCC)ccc2c1. The van der Waals surface area contributed by atoms with Gasteiger partial charge < -0.3 is 18.1 Å². The number of hydrogen-bond acceptors (Lipinski definition) is 4. The van der Waals surface area contributed by atoms with Gasteiger partial charge in [0.25, 0.3) is 0 Å². The first kappa shape index (κ1) is 19.7. The molecule has 6 heteroatoms. The molecule has 0 aliphatic rings. The molecule has 24 heavy (non-hydrogen) atoms. The van der Waals surface area contributed by atoms with Crippen LogP contribution in [0.5, 0.6) is 0 Å². The summed E-state index contributed by atoms with van der Waals surface area (Å²) in [6, 6.07) is 12.7. The highest BCUT2D eigenvalue weighted by Gasteiger charge is 2.15. The molecule has 0 atom stereocenters. The molecule has 0 radical (unpaired) electrons. The smallest absolute Gasteiger partial charge is 0.205 e. The standard InChI is InChI=1S/C18H26O4P2/c1-5-19-23(20-6-2)17-11-9-16-14-18(12-10-15(16)13-17)24(21-7-3)22-8-4/h9-14H,5-8H2,1-4H3. The molecule has 0 fully saturated rings. The fraction of sp³-hybridized carbons (Fsp3) is 0.444. The van der Waals surface area contributed by atoms with Crippen LogP contribution in [0.4, 0.5) is 0 Å². The molecule has 132 valence electrons. The summed E-state index contributed by atoms with van der Waals surface area (Å²) in [5.41, 5.74) is 0. The molecular weight excluding hydrogens is 342 g/mol. The Morgan fingerprint density at radius 1 is 0.583 bits per heavy atom. The topological polar surface area (TPSA) is 36.9 Å². The largest absolute Gasteiger partial charge is 0.331 e. The highest BCUT2D eigenvalue weighted by molar-refractivity contribution is 7.56. The Kier molecular flexibility index (Phi) is 8.55. The first-order valence-electron chi connectivity index (χ1n) is 8.39. The van der Waals surface area contributed by atoms with Crippen LogP contribution < -0.4 is 10.6 Å². The highest BCUT2D eigenvalue weighted by Crippen LogP contribution is 2.39. The van der Waals surface area contributed by atoms with Gasteiger partial charge in [-0.05, 0) is 62.7 Å². The number of rotatable bonds is 10. The number of benzene rings is 2. The third kappa shape index (κ3) is 5.20. The van der Waals surface area contributed by atoms with Gasteiger partial charge in [-0.15, -0.1) is 0 Å². The molecule has 0 aromatic heterocycles. The molecule has 0 bridgehead atoms. The summed E-state index contributed by atoms with van der Waals surface area (Å²) in [7, 11) is -2.01. The maximum absolute atomic E-state index is 5.75. The summed E-state index contributed by atoms with van der Waals surface area (Å²) >= 11 is 0. The highest BCUT2D eigenvalue weighted by atomic mass is 31.2. The Labute approximate surface area is 147 Å². The lowest BCUT2D eigenvalue weighted by Gasteiger charge is -2.18. The summed E-state index contributed by atoms with van der Waals surface area (Å²) < 4.78 is 23.0. The Morgan fingerprint density at radius 3 is 1.21 bits per heavy atom. The van der Waals surface area contributed by atoms with Crippen molar-refractivity contribution in [3.8, 4) is 0 Å². The monoisotopic (exact) mass is 368 g/mol. The van der Waals surface area contributed by atoms with E-state index in [-0.39, 0.29) is 0 Å². The third-order valence-electron chi connectivity index (χ3n) is 3.21. The van der Waals surface area contributed by atoms with Crippen molar-refractivity contribution in [3.05, 3.63) is 36.4 Å². The molecule has 0 heterocycles. The van der Waals surface area contributed by atoms with Crippen LogP contribution in [-0.2, 0) is 18.1 Å². The van der Waals surface area contributed by atoms with Crippen molar-refractivity contribution in [1.82, 2.24) is 0 Å². The van der Waals surface area contributed by atoms with Gasteiger partial charge in [0.15, 0.2) is 0 Å². The van der Waals surface area contributed by atoms with Gasteiger partial charge in [0.05, 0.1) is 26.4 Å². The van der Waals surface area contributed by atoms with Gasteiger partial charge in [0.2, 0.25) is 16.8 Å². The minimum absolute atomic E-state index is 0.648. The minimum atomic E-state index is -1.01. The van der Waals surface area contributed by atoms with Gasteiger partial charge in [-0.2, -0.15) is 0 Å². The lowest BCUT2D eigenvalue weighted by Crippen LogP contribution is -2.08. The van der Waals surface area contributed by atoms with Gasteiger partial charge >= 0.3 is 0 Å². The minimum Gasteiger partial charge on any atom is -0.331 e. The summed E-state index contributed by atoms with van der Waals surface area (Å²) in [5, 5.41) is 4.55. The van der Waals surface area contributed by atoms with E-state index < -0.39 is 16.8 Å². The summed E-state index contributed by atoms with van der Waals surface area (Å²) in [5.74, 6) is 0. The van der Waals surface area contributed by atoms with Gasteiger partial charge in [-0.3, -0.25) is 0 Å². The van der Waals surface area contributed by atoms with E-state index in [2.05, 4.69) is 36.4 Å². The molecular formula is C18H26O4P2. The second-order valence-electron chi connectivity index (χ2n) is 4.90. The van der Waals surface area contributed by atoms with Crippen LogP contribution in [0.3, 0.4) is 0 Å².